The van der Waals surface area contributed by atoms with E-state index in [-0.39, 0.29) is 18.4 Å². The van der Waals surface area contributed by atoms with Gasteiger partial charge in [-0.3, -0.25) is 9.78 Å². The van der Waals surface area contributed by atoms with Gasteiger partial charge in [0.25, 0.3) is 0 Å². The Kier molecular flexibility index (Phi) is 8.34. The van der Waals surface area contributed by atoms with Crippen LogP contribution in [0.5, 0.6) is 0 Å². The van der Waals surface area contributed by atoms with Crippen LogP contribution in [-0.4, -0.2) is 23.0 Å². The van der Waals surface area contributed by atoms with Crippen molar-refractivity contribution in [3.8, 4) is 0 Å². The number of furan rings is 1. The van der Waals surface area contributed by atoms with E-state index in [2.05, 4.69) is 54.5 Å². The van der Waals surface area contributed by atoms with E-state index in [0.29, 0.717) is 12.4 Å². The van der Waals surface area contributed by atoms with Crippen molar-refractivity contribution in [3.05, 3.63) is 136 Å². The average Bonchev–Trinajstić information content (AvgIpc) is 3.36. The molecule has 0 bridgehead atoms. The molecule has 5 aromatic rings. The number of nitrogens with zero attached hydrogens (tertiary/aromatic N) is 1. The lowest BCUT2D eigenvalue weighted by atomic mass is 9.93. The Balaban J connectivity index is 1.38. The summed E-state index contributed by atoms with van der Waals surface area (Å²) >= 11 is 0. The maximum absolute atomic E-state index is 13.4. The van der Waals surface area contributed by atoms with Gasteiger partial charge in [0, 0.05) is 23.3 Å². The molecule has 210 valence electrons. The molecule has 2 heterocycles. The number of carbonyl (C=O) groups excluding carboxylic acids is 1. The lowest BCUT2D eigenvalue weighted by molar-refractivity contribution is -0.120. The lowest BCUT2D eigenvalue weighted by Gasteiger charge is -2.23. The van der Waals surface area contributed by atoms with Gasteiger partial charge < -0.3 is 20.2 Å². The summed E-state index contributed by atoms with van der Waals surface area (Å²) in [6.45, 7) is 8.37. The Morgan fingerprint density at radius 1 is 0.951 bits per heavy atom. The van der Waals surface area contributed by atoms with Crippen LogP contribution in [0.2, 0.25) is 0 Å². The third-order valence-corrected chi connectivity index (χ3v) is 7.03. The summed E-state index contributed by atoms with van der Waals surface area (Å²) in [5.41, 5.74) is 12.8. The molecule has 6 heteroatoms. The summed E-state index contributed by atoms with van der Waals surface area (Å²) in [5, 5.41) is 4.19. The molecular weight excluding hydrogens is 510 g/mol. The van der Waals surface area contributed by atoms with E-state index in [1.807, 2.05) is 68.4 Å². The third kappa shape index (κ3) is 7.09. The van der Waals surface area contributed by atoms with Crippen LogP contribution in [0.4, 0.5) is 0 Å². The van der Waals surface area contributed by atoms with Gasteiger partial charge in [-0.1, -0.05) is 60.2 Å². The number of aryl methyl sites for hydroxylation is 2. The molecule has 2 atom stereocenters. The fourth-order valence-electron chi connectivity index (χ4n) is 5.06. The van der Waals surface area contributed by atoms with Crippen molar-refractivity contribution in [1.29, 1.82) is 0 Å². The van der Waals surface area contributed by atoms with Gasteiger partial charge in [-0.05, 0) is 85.8 Å². The second-order valence-corrected chi connectivity index (χ2v) is 11.4. The molecular formula is C35H37N3O3. The molecule has 0 aliphatic carbocycles. The van der Waals surface area contributed by atoms with Gasteiger partial charge in [-0.25, -0.2) is 0 Å². The summed E-state index contributed by atoms with van der Waals surface area (Å²) < 4.78 is 12.5. The molecule has 0 spiro atoms. The van der Waals surface area contributed by atoms with Crippen LogP contribution < -0.4 is 11.1 Å². The number of nitrogens with two attached hydrogens (primary N) is 1. The first-order chi connectivity index (χ1) is 19.7. The Morgan fingerprint density at radius 2 is 1.71 bits per heavy atom. The minimum absolute atomic E-state index is 0.0509. The first kappa shape index (κ1) is 28.3. The van der Waals surface area contributed by atoms with Crippen LogP contribution in [0.1, 0.15) is 65.1 Å². The highest BCUT2D eigenvalue weighted by atomic mass is 16.5. The summed E-state index contributed by atoms with van der Waals surface area (Å²) in [7, 11) is 0. The molecule has 2 unspecified atom stereocenters. The van der Waals surface area contributed by atoms with E-state index >= 15 is 0 Å². The minimum atomic E-state index is -0.493. The van der Waals surface area contributed by atoms with Crippen molar-refractivity contribution in [3.63, 3.8) is 0 Å². The maximum atomic E-state index is 13.4. The molecule has 0 aliphatic rings. The predicted molar refractivity (Wildman–Crippen MR) is 163 cm³/mol. The van der Waals surface area contributed by atoms with E-state index in [0.717, 1.165) is 38.8 Å². The number of pyridine rings is 1. The van der Waals surface area contributed by atoms with Crippen LogP contribution in [0, 0.1) is 13.8 Å². The minimum Gasteiger partial charge on any atom is -0.458 e. The summed E-state index contributed by atoms with van der Waals surface area (Å²) in [5.74, 6) is 0.626. The van der Waals surface area contributed by atoms with Crippen molar-refractivity contribution in [1.82, 2.24) is 10.3 Å². The molecule has 0 saturated heterocycles. The van der Waals surface area contributed by atoms with Crippen LogP contribution in [-0.2, 0) is 16.0 Å². The Labute approximate surface area is 241 Å². The first-order valence-corrected chi connectivity index (χ1v) is 13.9. The zero-order valence-corrected chi connectivity index (χ0v) is 24.1. The first-order valence-electron chi connectivity index (χ1n) is 13.9. The number of ether oxygens (including phenoxy) is 1. The van der Waals surface area contributed by atoms with Crippen molar-refractivity contribution in [2.75, 3.05) is 6.61 Å². The summed E-state index contributed by atoms with van der Waals surface area (Å²) in [6, 6.07) is 27.9. The van der Waals surface area contributed by atoms with E-state index in [9.17, 15) is 4.79 Å². The Morgan fingerprint density at radius 3 is 2.41 bits per heavy atom. The molecule has 41 heavy (non-hydrogen) atoms. The zero-order valence-electron chi connectivity index (χ0n) is 24.1. The average molecular weight is 548 g/mol. The number of amides is 1. The maximum Gasteiger partial charge on any atom is 0.225 e. The number of rotatable bonds is 10. The number of nitrogens with one attached hydrogen (secondary N) is 1. The van der Waals surface area contributed by atoms with Crippen molar-refractivity contribution in [2.24, 2.45) is 5.73 Å². The third-order valence-electron chi connectivity index (χ3n) is 7.03. The zero-order chi connectivity index (χ0) is 29.0. The van der Waals surface area contributed by atoms with E-state index in [1.165, 1.54) is 5.56 Å². The van der Waals surface area contributed by atoms with Crippen molar-refractivity contribution in [2.45, 2.75) is 51.8 Å². The van der Waals surface area contributed by atoms with Crippen LogP contribution >= 0.6 is 0 Å². The molecule has 2 aromatic heterocycles. The predicted octanol–water partition coefficient (Wildman–Crippen LogP) is 6.74. The van der Waals surface area contributed by atoms with Crippen molar-refractivity contribution >= 4 is 16.9 Å². The Bertz CT molecular complexity index is 1620. The molecule has 5 rings (SSSR count). The number of hydrogen-bond acceptors (Lipinski definition) is 5. The van der Waals surface area contributed by atoms with Gasteiger partial charge >= 0.3 is 0 Å². The van der Waals surface area contributed by atoms with E-state index < -0.39 is 11.6 Å². The highest BCUT2D eigenvalue weighted by Crippen LogP contribution is 2.32. The Hall–Kier alpha value is -4.26. The van der Waals surface area contributed by atoms with Gasteiger partial charge in [-0.2, -0.15) is 0 Å². The number of aromatic nitrogens is 1. The molecule has 0 fully saturated rings. The van der Waals surface area contributed by atoms with Crippen LogP contribution in [0.15, 0.2) is 102 Å². The number of fused-ring (bicyclic) bond motifs is 1. The highest BCUT2D eigenvalue weighted by molar-refractivity contribution is 5.83. The fourth-order valence-corrected chi connectivity index (χ4v) is 5.06. The molecule has 0 aliphatic heterocycles. The fraction of sp³-hybridized carbons (Fsp3) is 0.257. The smallest absolute Gasteiger partial charge is 0.225 e. The molecule has 1 amide bonds. The SMILES string of the molecule is Cc1ccc(C(NC(=O)Cc2ccc3oc(C(OCC(C)(C)N)c4ccncc4)cc3c2)c2ccccc2)c(C)c1. The molecule has 3 N–H and O–H groups in total. The van der Waals surface area contributed by atoms with Gasteiger partial charge in [0.1, 0.15) is 17.4 Å². The quantitative estimate of drug-likeness (QED) is 0.202. The largest absolute Gasteiger partial charge is 0.458 e. The normalized spacial score (nSPS) is 13.2. The summed E-state index contributed by atoms with van der Waals surface area (Å²) in [6.07, 6.45) is 3.29. The topological polar surface area (TPSA) is 90.4 Å². The van der Waals surface area contributed by atoms with Gasteiger partial charge in [0.15, 0.2) is 0 Å². The molecule has 6 nitrogen and oxygen atoms in total. The number of hydrogen-bond donors (Lipinski definition) is 2. The number of benzene rings is 3. The second-order valence-electron chi connectivity index (χ2n) is 11.4. The lowest BCUT2D eigenvalue weighted by Crippen LogP contribution is -2.38. The molecule has 3 aromatic carbocycles. The van der Waals surface area contributed by atoms with Gasteiger partial charge in [0.05, 0.1) is 19.1 Å². The molecule has 0 saturated carbocycles. The van der Waals surface area contributed by atoms with Crippen molar-refractivity contribution < 1.29 is 13.9 Å². The van der Waals surface area contributed by atoms with E-state index in [4.69, 9.17) is 14.9 Å². The molecule has 0 radical (unpaired) electrons. The van der Waals surface area contributed by atoms with E-state index in [1.54, 1.807) is 12.4 Å². The summed E-state index contributed by atoms with van der Waals surface area (Å²) in [4.78, 5) is 17.5. The highest BCUT2D eigenvalue weighted by Gasteiger charge is 2.23. The second kappa shape index (κ2) is 12.1. The van der Waals surface area contributed by atoms with Crippen LogP contribution in [0.3, 0.4) is 0 Å². The van der Waals surface area contributed by atoms with Gasteiger partial charge in [-0.15, -0.1) is 0 Å². The number of carbonyl (C=O) groups is 1. The van der Waals surface area contributed by atoms with Gasteiger partial charge in [0.2, 0.25) is 5.91 Å². The standard InChI is InChI=1S/C35H37N3O3/c1-23-10-12-29(24(2)18-23)33(26-8-6-5-7-9-26)38-32(39)20-25-11-13-30-28(19-25)21-31(41-30)34(40-22-35(3,4)36)27-14-16-37-17-15-27/h5-19,21,33-34H,20,22,36H2,1-4H3,(H,38,39). The van der Waals surface area contributed by atoms with Crippen LogP contribution in [0.25, 0.3) is 11.0 Å². The monoisotopic (exact) mass is 547 g/mol.